The molecule has 2 aromatic carbocycles. The number of nitrogens with one attached hydrogen (secondary N) is 1. The molecule has 0 spiro atoms. The Morgan fingerprint density at radius 3 is 2.63 bits per heavy atom. The van der Waals surface area contributed by atoms with Crippen molar-refractivity contribution in [3.8, 4) is 11.5 Å². The molecule has 43 heavy (non-hydrogen) atoms. The molecule has 1 aliphatic heterocycles. The van der Waals surface area contributed by atoms with Gasteiger partial charge in [0.05, 0.1) is 39.5 Å². The van der Waals surface area contributed by atoms with Crippen LogP contribution in [0.1, 0.15) is 46.7 Å². The zero-order valence-electron chi connectivity index (χ0n) is 25.2. The van der Waals surface area contributed by atoms with Crippen molar-refractivity contribution in [2.45, 2.75) is 69.3 Å². The number of fused-ring (bicyclic) bond motifs is 1. The highest BCUT2D eigenvalue weighted by Gasteiger charge is 2.39. The number of rotatable bonds is 8. The number of aromatic nitrogens is 3. The molecule has 4 aromatic rings. The topological polar surface area (TPSA) is 106 Å². The second-order valence-corrected chi connectivity index (χ2v) is 14.2. The first-order valence-electron chi connectivity index (χ1n) is 14.5. The minimum Gasteiger partial charge on any atom is -0.456 e. The number of hydrogen-bond acceptors (Lipinski definition) is 7. The molecular formula is C32H40FN5O4S. The molecule has 0 bridgehead atoms. The summed E-state index contributed by atoms with van der Waals surface area (Å²) in [5, 5.41) is 6.64. The van der Waals surface area contributed by atoms with E-state index in [1.165, 1.54) is 12.1 Å². The largest absolute Gasteiger partial charge is 0.456 e. The molecule has 0 saturated carbocycles. The maximum atomic E-state index is 15.0. The SMILES string of the molecule is CCN1CCC(S(=O)(=O)c2ccc3nccc(Oc4ccc(CC(=O)Nc5cnn(C(C)(C)C)c5)cc4C)c3c2)C(F)C1.[HH]. The smallest absolute Gasteiger partial charge is 0.228 e. The van der Waals surface area contributed by atoms with Gasteiger partial charge in [-0.3, -0.25) is 14.5 Å². The zero-order valence-corrected chi connectivity index (χ0v) is 26.0. The van der Waals surface area contributed by atoms with Crippen molar-refractivity contribution >= 4 is 32.3 Å². The first-order chi connectivity index (χ1) is 20.3. The molecular weight excluding hydrogens is 569 g/mol. The Morgan fingerprint density at radius 1 is 1.16 bits per heavy atom. The standard InChI is InChI=1S/C32H38FN5O4S.H2/c1-6-37-14-12-30(26(33)20-37)43(40,41)24-8-9-27-25(17-24)29(11-13-34-27)42-28-10-7-22(15-21(28)2)16-31(39)36-23-18-35-38(19-23)32(3,4)5;/h7-11,13,15,17-19,26,30H,6,12,14,16,20H2,1-5H3,(H,36,39);1H. The third-order valence-electron chi connectivity index (χ3n) is 7.79. The van der Waals surface area contributed by atoms with Gasteiger partial charge in [0.2, 0.25) is 5.91 Å². The summed E-state index contributed by atoms with van der Waals surface area (Å²) < 4.78 is 50.0. The highest BCUT2D eigenvalue weighted by molar-refractivity contribution is 7.92. The van der Waals surface area contributed by atoms with Gasteiger partial charge in [-0.25, -0.2) is 12.8 Å². The molecule has 2 unspecified atom stereocenters. The van der Waals surface area contributed by atoms with Gasteiger partial charge >= 0.3 is 0 Å². The zero-order chi connectivity index (χ0) is 30.9. The summed E-state index contributed by atoms with van der Waals surface area (Å²) in [5.74, 6) is 0.836. The van der Waals surface area contributed by atoms with E-state index in [0.29, 0.717) is 41.2 Å². The maximum Gasteiger partial charge on any atom is 0.228 e. The minimum absolute atomic E-state index is 0. The van der Waals surface area contributed by atoms with Crippen LogP contribution < -0.4 is 10.1 Å². The van der Waals surface area contributed by atoms with Crippen molar-refractivity contribution in [1.29, 1.82) is 0 Å². The number of carbonyl (C=O) groups excluding carboxylic acids is 1. The number of benzene rings is 2. The number of pyridine rings is 1. The molecule has 1 saturated heterocycles. The van der Waals surface area contributed by atoms with Crippen LogP contribution in [0.15, 0.2) is 66.0 Å². The van der Waals surface area contributed by atoms with Crippen LogP contribution in [-0.2, 0) is 26.6 Å². The van der Waals surface area contributed by atoms with E-state index in [1.807, 2.05) is 51.7 Å². The molecule has 1 N–H and O–H groups in total. The minimum atomic E-state index is -3.91. The lowest BCUT2D eigenvalue weighted by atomic mass is 10.1. The van der Waals surface area contributed by atoms with Crippen molar-refractivity contribution < 1.29 is 23.8 Å². The lowest BCUT2D eigenvalue weighted by molar-refractivity contribution is -0.115. The van der Waals surface area contributed by atoms with Gasteiger partial charge in [0, 0.05) is 25.8 Å². The molecule has 11 heteroatoms. The Hall–Kier alpha value is -3.83. The Kier molecular flexibility index (Phi) is 8.58. The molecule has 9 nitrogen and oxygen atoms in total. The molecule has 3 heterocycles. The fourth-order valence-corrected chi connectivity index (χ4v) is 7.10. The molecule has 0 radical (unpaired) electrons. The van der Waals surface area contributed by atoms with E-state index in [9.17, 15) is 17.6 Å². The van der Waals surface area contributed by atoms with E-state index in [-0.39, 0.29) is 37.2 Å². The van der Waals surface area contributed by atoms with Crippen LogP contribution in [0.3, 0.4) is 0 Å². The molecule has 5 rings (SSSR count). The Bertz CT molecular complexity index is 1760. The summed E-state index contributed by atoms with van der Waals surface area (Å²) in [6.07, 6.45) is 4.00. The van der Waals surface area contributed by atoms with Crippen LogP contribution in [0.2, 0.25) is 0 Å². The summed E-state index contributed by atoms with van der Waals surface area (Å²) in [7, 11) is -3.91. The second-order valence-electron chi connectivity index (χ2n) is 12.0. The molecule has 1 amide bonds. The molecule has 0 aliphatic carbocycles. The molecule has 230 valence electrons. The number of carbonyl (C=O) groups is 1. The Morgan fingerprint density at radius 2 is 1.95 bits per heavy atom. The number of aryl methyl sites for hydroxylation is 1. The third-order valence-corrected chi connectivity index (χ3v) is 10.0. The van der Waals surface area contributed by atoms with E-state index < -0.39 is 21.3 Å². The van der Waals surface area contributed by atoms with Gasteiger partial charge < -0.3 is 15.0 Å². The van der Waals surface area contributed by atoms with Gasteiger partial charge in [-0.2, -0.15) is 5.10 Å². The molecule has 1 fully saturated rings. The molecule has 2 atom stereocenters. The predicted molar refractivity (Wildman–Crippen MR) is 167 cm³/mol. The monoisotopic (exact) mass is 609 g/mol. The lowest BCUT2D eigenvalue weighted by Gasteiger charge is -2.33. The van der Waals surface area contributed by atoms with Crippen LogP contribution in [0.25, 0.3) is 10.9 Å². The summed E-state index contributed by atoms with van der Waals surface area (Å²) in [4.78, 5) is 19.0. The summed E-state index contributed by atoms with van der Waals surface area (Å²) in [6.45, 7) is 11.3. The van der Waals surface area contributed by atoms with Crippen molar-refractivity contribution in [2.24, 2.45) is 0 Å². The van der Waals surface area contributed by atoms with E-state index >= 15 is 0 Å². The number of hydrogen-bond donors (Lipinski definition) is 1. The number of nitrogens with zero attached hydrogens (tertiary/aromatic N) is 4. The lowest BCUT2D eigenvalue weighted by Crippen LogP contribution is -2.47. The number of anilines is 1. The summed E-state index contributed by atoms with van der Waals surface area (Å²) in [6, 6.07) is 11.8. The fourth-order valence-electron chi connectivity index (χ4n) is 5.32. The van der Waals surface area contributed by atoms with E-state index in [2.05, 4.69) is 15.4 Å². The predicted octanol–water partition coefficient (Wildman–Crippen LogP) is 5.92. The highest BCUT2D eigenvalue weighted by Crippen LogP contribution is 2.34. The van der Waals surface area contributed by atoms with E-state index in [1.54, 1.807) is 41.5 Å². The van der Waals surface area contributed by atoms with Crippen molar-refractivity contribution in [1.82, 2.24) is 19.7 Å². The first-order valence-corrected chi connectivity index (χ1v) is 16.0. The Labute approximate surface area is 253 Å². The third kappa shape index (κ3) is 6.73. The Balaban J connectivity index is 0.00000442. The van der Waals surface area contributed by atoms with Crippen LogP contribution >= 0.6 is 0 Å². The normalized spacial score (nSPS) is 18.1. The van der Waals surface area contributed by atoms with Crippen LogP contribution in [0.4, 0.5) is 10.1 Å². The van der Waals surface area contributed by atoms with Gasteiger partial charge in [0.25, 0.3) is 0 Å². The average molecular weight is 610 g/mol. The van der Waals surface area contributed by atoms with Gasteiger partial charge in [-0.1, -0.05) is 19.1 Å². The fraction of sp³-hybridized carbons (Fsp3) is 0.406. The second kappa shape index (κ2) is 12.0. The van der Waals surface area contributed by atoms with Gasteiger partial charge in [-0.15, -0.1) is 0 Å². The number of alkyl halides is 1. The maximum absolute atomic E-state index is 15.0. The number of amides is 1. The molecule has 1 aliphatic rings. The van der Waals surface area contributed by atoms with Gasteiger partial charge in [0.15, 0.2) is 9.84 Å². The van der Waals surface area contributed by atoms with E-state index in [0.717, 1.165) is 11.1 Å². The number of sulfone groups is 1. The molecule has 2 aromatic heterocycles. The quantitative estimate of drug-likeness (QED) is 0.264. The number of piperidine rings is 1. The van der Waals surface area contributed by atoms with Gasteiger partial charge in [-0.05, 0) is 88.7 Å². The van der Waals surface area contributed by atoms with Crippen molar-refractivity contribution in [2.75, 3.05) is 25.0 Å². The number of halogens is 1. The number of ether oxygens (including phenoxy) is 1. The van der Waals surface area contributed by atoms with Crippen LogP contribution in [0.5, 0.6) is 11.5 Å². The summed E-state index contributed by atoms with van der Waals surface area (Å²) >= 11 is 0. The highest BCUT2D eigenvalue weighted by atomic mass is 32.2. The van der Waals surface area contributed by atoms with Crippen LogP contribution in [-0.4, -0.2) is 65.0 Å². The van der Waals surface area contributed by atoms with Crippen molar-refractivity contribution in [3.63, 3.8) is 0 Å². The average Bonchev–Trinajstić information content (AvgIpc) is 3.43. The summed E-state index contributed by atoms with van der Waals surface area (Å²) in [5.41, 5.74) is 2.64. The van der Waals surface area contributed by atoms with Crippen molar-refractivity contribution in [3.05, 3.63) is 72.2 Å². The van der Waals surface area contributed by atoms with Crippen LogP contribution in [0, 0.1) is 6.92 Å². The van der Waals surface area contributed by atoms with E-state index in [4.69, 9.17) is 4.74 Å². The number of likely N-dealkylation sites (tertiary alicyclic amines) is 1. The van der Waals surface area contributed by atoms with Gasteiger partial charge in [0.1, 0.15) is 17.7 Å². The first kappa shape index (κ1) is 30.6.